The lowest BCUT2D eigenvalue weighted by molar-refractivity contribution is -0.0936. The van der Waals surface area contributed by atoms with Crippen LogP contribution in [0.25, 0.3) is 6.08 Å². The van der Waals surface area contributed by atoms with E-state index in [9.17, 15) is 13.2 Å². The normalized spacial score (nSPS) is 10.8. The van der Waals surface area contributed by atoms with E-state index in [0.29, 0.717) is 12.0 Å². The predicted octanol–water partition coefficient (Wildman–Crippen LogP) is 5.42. The highest BCUT2D eigenvalue weighted by Crippen LogP contribution is 2.28. The van der Waals surface area contributed by atoms with Gasteiger partial charge < -0.3 is 0 Å². The van der Waals surface area contributed by atoms with E-state index >= 15 is 0 Å². The van der Waals surface area contributed by atoms with Crippen LogP contribution < -0.4 is 0 Å². The summed E-state index contributed by atoms with van der Waals surface area (Å²) in [5.74, 6) is 0. The Morgan fingerprint density at radius 2 is 1.48 bits per heavy atom. The van der Waals surface area contributed by atoms with Gasteiger partial charge in [0.15, 0.2) is 0 Å². The third-order valence-electron chi connectivity index (χ3n) is 3.06. The second-order valence-electron chi connectivity index (χ2n) is 4.66. The summed E-state index contributed by atoms with van der Waals surface area (Å²) >= 11 is 0. The zero-order chi connectivity index (χ0) is 15.1. The molecule has 21 heavy (non-hydrogen) atoms. The van der Waals surface area contributed by atoms with Crippen LogP contribution in [0.2, 0.25) is 0 Å². The first kappa shape index (κ1) is 15.1. The van der Waals surface area contributed by atoms with Crippen LogP contribution in [0.5, 0.6) is 0 Å². The summed E-state index contributed by atoms with van der Waals surface area (Å²) < 4.78 is 39.0. The lowest BCUT2D eigenvalue weighted by Gasteiger charge is -2.09. The summed E-state index contributed by atoms with van der Waals surface area (Å²) in [6.45, 7) is 0. The van der Waals surface area contributed by atoms with E-state index in [1.807, 2.05) is 36.4 Å². The monoisotopic (exact) mass is 288 g/mol. The molecule has 0 unspecified atom stereocenters. The number of alkyl halides is 3. The number of aryl methyl sites for hydroxylation is 1. The minimum Gasteiger partial charge on any atom is -0.166 e. The van der Waals surface area contributed by atoms with Crippen LogP contribution in [-0.2, 0) is 6.42 Å². The summed E-state index contributed by atoms with van der Waals surface area (Å²) in [5.41, 5.74) is 3.38. The molecule has 0 aromatic heterocycles. The molecule has 2 aromatic rings. The highest BCUT2D eigenvalue weighted by atomic mass is 19.4. The fourth-order valence-corrected chi connectivity index (χ4v) is 1.93. The lowest BCUT2D eigenvalue weighted by Crippen LogP contribution is -2.11. The Labute approximate surface area is 122 Å². The van der Waals surface area contributed by atoms with Gasteiger partial charge in [0, 0.05) is 0 Å². The summed E-state index contributed by atoms with van der Waals surface area (Å²) in [4.78, 5) is 0. The molecule has 0 aliphatic carbocycles. The van der Waals surface area contributed by atoms with Crippen molar-refractivity contribution >= 4 is 6.08 Å². The molecule has 2 aromatic carbocycles. The van der Waals surface area contributed by atoms with E-state index in [2.05, 4.69) is 5.73 Å². The van der Waals surface area contributed by atoms with E-state index < -0.39 is 11.7 Å². The third-order valence-corrected chi connectivity index (χ3v) is 3.06. The van der Waals surface area contributed by atoms with Crippen molar-refractivity contribution in [3.63, 3.8) is 0 Å². The standard InChI is InChI=1S/C18H15F3/c19-18(20,21)17(13-11-15-7-3-1-4-8-15)14-12-16-9-5-2-6-10-16/h1-11H,12,14H2. The van der Waals surface area contributed by atoms with Crippen LogP contribution in [0.4, 0.5) is 13.2 Å². The molecule has 0 fully saturated rings. The molecule has 0 radical (unpaired) electrons. The van der Waals surface area contributed by atoms with Crippen molar-refractivity contribution in [1.29, 1.82) is 0 Å². The Balaban J connectivity index is 2.17. The molecule has 0 atom stereocenters. The molecule has 2 rings (SSSR count). The molecule has 0 spiro atoms. The fourth-order valence-electron chi connectivity index (χ4n) is 1.93. The van der Waals surface area contributed by atoms with Crippen LogP contribution >= 0.6 is 0 Å². The van der Waals surface area contributed by atoms with Gasteiger partial charge in [-0.15, -0.1) is 5.73 Å². The van der Waals surface area contributed by atoms with Gasteiger partial charge in [0.2, 0.25) is 0 Å². The summed E-state index contributed by atoms with van der Waals surface area (Å²) in [7, 11) is 0. The summed E-state index contributed by atoms with van der Waals surface area (Å²) in [5, 5.41) is 0. The molecule has 0 amide bonds. The van der Waals surface area contributed by atoms with Crippen molar-refractivity contribution in [2.75, 3.05) is 0 Å². The number of benzene rings is 2. The molecule has 0 aliphatic rings. The average molecular weight is 288 g/mol. The van der Waals surface area contributed by atoms with Gasteiger partial charge in [-0.25, -0.2) is 0 Å². The van der Waals surface area contributed by atoms with Gasteiger partial charge in [0.25, 0.3) is 0 Å². The fraction of sp³-hybridized carbons (Fsp3) is 0.167. The quantitative estimate of drug-likeness (QED) is 0.659. The second kappa shape index (κ2) is 6.96. The molecule has 0 saturated carbocycles. The Kier molecular flexibility index (Phi) is 5.02. The first-order valence-corrected chi connectivity index (χ1v) is 6.67. The van der Waals surface area contributed by atoms with Gasteiger partial charge in [-0.3, -0.25) is 0 Å². The zero-order valence-electron chi connectivity index (χ0n) is 11.4. The van der Waals surface area contributed by atoms with Gasteiger partial charge in [0.05, 0.1) is 5.57 Å². The first-order chi connectivity index (χ1) is 10.1. The van der Waals surface area contributed by atoms with Gasteiger partial charge in [-0.05, 0) is 30.0 Å². The maximum atomic E-state index is 13.0. The van der Waals surface area contributed by atoms with E-state index in [4.69, 9.17) is 0 Å². The number of hydrogen-bond acceptors (Lipinski definition) is 0. The van der Waals surface area contributed by atoms with Crippen molar-refractivity contribution in [2.24, 2.45) is 0 Å². The minimum absolute atomic E-state index is 0.0726. The van der Waals surface area contributed by atoms with Gasteiger partial charge in [-0.2, -0.15) is 13.2 Å². The van der Waals surface area contributed by atoms with Crippen molar-refractivity contribution in [3.8, 4) is 0 Å². The maximum absolute atomic E-state index is 13.0. The topological polar surface area (TPSA) is 0 Å². The van der Waals surface area contributed by atoms with Crippen LogP contribution in [0, 0.1) is 0 Å². The molecule has 0 saturated heterocycles. The third kappa shape index (κ3) is 4.97. The minimum atomic E-state index is -4.35. The number of hydrogen-bond donors (Lipinski definition) is 0. The molecule has 0 bridgehead atoms. The van der Waals surface area contributed by atoms with Crippen LogP contribution in [0.3, 0.4) is 0 Å². The number of rotatable bonds is 4. The largest absolute Gasteiger partial charge is 0.419 e. The summed E-state index contributed by atoms with van der Waals surface area (Å²) in [6, 6.07) is 18.0. The Morgan fingerprint density at radius 3 is 2.05 bits per heavy atom. The van der Waals surface area contributed by atoms with Crippen molar-refractivity contribution < 1.29 is 13.2 Å². The molecule has 0 heterocycles. The SMILES string of the molecule is FC(F)(F)C(=C=Cc1ccccc1)CCc1ccccc1. The van der Waals surface area contributed by atoms with Crippen LogP contribution in [0.1, 0.15) is 17.5 Å². The molecule has 3 heteroatoms. The Hall–Kier alpha value is -2.25. The van der Waals surface area contributed by atoms with Gasteiger partial charge in [-0.1, -0.05) is 60.7 Å². The van der Waals surface area contributed by atoms with E-state index in [-0.39, 0.29) is 6.42 Å². The lowest BCUT2D eigenvalue weighted by atomic mass is 10.0. The van der Waals surface area contributed by atoms with Crippen molar-refractivity contribution in [1.82, 2.24) is 0 Å². The molecular weight excluding hydrogens is 273 g/mol. The highest BCUT2D eigenvalue weighted by molar-refractivity contribution is 5.49. The van der Waals surface area contributed by atoms with Crippen LogP contribution in [0.15, 0.2) is 72.0 Å². The second-order valence-corrected chi connectivity index (χ2v) is 4.66. The smallest absolute Gasteiger partial charge is 0.166 e. The van der Waals surface area contributed by atoms with E-state index in [0.717, 1.165) is 5.56 Å². The molecule has 0 N–H and O–H groups in total. The molecular formula is C18H15F3. The maximum Gasteiger partial charge on any atom is 0.419 e. The van der Waals surface area contributed by atoms with Crippen molar-refractivity contribution in [2.45, 2.75) is 19.0 Å². The molecule has 0 aliphatic heterocycles. The van der Waals surface area contributed by atoms with E-state index in [1.165, 1.54) is 6.08 Å². The molecule has 0 nitrogen and oxygen atoms in total. The predicted molar refractivity (Wildman–Crippen MR) is 78.8 cm³/mol. The highest BCUT2D eigenvalue weighted by Gasteiger charge is 2.32. The number of allylic oxidation sites excluding steroid dienone is 1. The van der Waals surface area contributed by atoms with Crippen molar-refractivity contribution in [3.05, 3.63) is 83.1 Å². The van der Waals surface area contributed by atoms with Gasteiger partial charge in [0.1, 0.15) is 0 Å². The Bertz CT molecular complexity index is 619. The molecule has 108 valence electrons. The van der Waals surface area contributed by atoms with Gasteiger partial charge >= 0.3 is 6.18 Å². The van der Waals surface area contributed by atoms with E-state index in [1.54, 1.807) is 24.3 Å². The first-order valence-electron chi connectivity index (χ1n) is 6.67. The summed E-state index contributed by atoms with van der Waals surface area (Å²) in [6.07, 6.45) is -2.68. The number of halogens is 3. The van der Waals surface area contributed by atoms with Crippen LogP contribution in [-0.4, -0.2) is 6.18 Å². The zero-order valence-corrected chi connectivity index (χ0v) is 11.4. The Morgan fingerprint density at radius 1 is 0.905 bits per heavy atom. The average Bonchev–Trinajstić information content (AvgIpc) is 2.48.